The number of nitrogens with zero attached hydrogens (tertiary/aromatic N) is 2. The Balaban J connectivity index is 2.30. The Labute approximate surface area is 223 Å². The van der Waals surface area contributed by atoms with Crippen molar-refractivity contribution in [1.82, 2.24) is 9.80 Å². The fourth-order valence-electron chi connectivity index (χ4n) is 4.37. The lowest BCUT2D eigenvalue weighted by atomic mass is 9.85. The molecule has 0 saturated carbocycles. The summed E-state index contributed by atoms with van der Waals surface area (Å²) >= 11 is 0. The van der Waals surface area contributed by atoms with Crippen molar-refractivity contribution < 1.29 is 33.7 Å². The van der Waals surface area contributed by atoms with Crippen LogP contribution in [0.3, 0.4) is 0 Å². The van der Waals surface area contributed by atoms with Gasteiger partial charge in [0.2, 0.25) is 0 Å². The quantitative estimate of drug-likeness (QED) is 0.182. The number of Topliss-reactive ketones (excluding diaryl/α,β-unsaturated/α-hetero) is 1. The van der Waals surface area contributed by atoms with Gasteiger partial charge in [-0.1, -0.05) is 32.9 Å². The zero-order chi connectivity index (χ0) is 28.4. The molecule has 0 aromatic heterocycles. The van der Waals surface area contributed by atoms with Crippen molar-refractivity contribution in [3.05, 3.63) is 58.7 Å². The SMILES string of the molecule is COc1ccc(C2/C(=C(\O)c3cc(C(C)(C)C)ccc3OC)C(=O)C(=O)N2CCN(C)C)cc1OC(C)=O. The molecule has 1 atom stereocenters. The zero-order valence-corrected chi connectivity index (χ0v) is 23.2. The van der Waals surface area contributed by atoms with E-state index in [9.17, 15) is 19.5 Å². The molecule has 9 nitrogen and oxygen atoms in total. The van der Waals surface area contributed by atoms with Crippen molar-refractivity contribution in [2.24, 2.45) is 0 Å². The zero-order valence-electron chi connectivity index (χ0n) is 23.2. The second-order valence-corrected chi connectivity index (χ2v) is 10.5. The number of aliphatic hydroxyl groups excluding tert-OH is 1. The number of likely N-dealkylation sites (tertiary alicyclic amines) is 1. The molecule has 1 fully saturated rings. The second-order valence-electron chi connectivity index (χ2n) is 10.5. The average molecular weight is 525 g/mol. The molecular weight excluding hydrogens is 488 g/mol. The predicted octanol–water partition coefficient (Wildman–Crippen LogP) is 3.91. The second kappa shape index (κ2) is 11.3. The number of hydrogen-bond acceptors (Lipinski definition) is 8. The van der Waals surface area contributed by atoms with E-state index >= 15 is 0 Å². The summed E-state index contributed by atoms with van der Waals surface area (Å²) < 4.78 is 16.2. The van der Waals surface area contributed by atoms with E-state index in [1.807, 2.05) is 45.8 Å². The standard InChI is InChI=1S/C29H36N2O7/c1-17(32)38-23-15-18(9-11-22(23)37-8)25-24(27(34)28(35)31(25)14-13-30(5)6)26(33)20-16-19(29(2,3)4)10-12-21(20)36-7/h9-12,15-16,25,33H,13-14H2,1-8H3/b26-24+. The third-order valence-corrected chi connectivity index (χ3v) is 6.41. The van der Waals surface area contributed by atoms with Gasteiger partial charge in [0.1, 0.15) is 11.5 Å². The van der Waals surface area contributed by atoms with Crippen LogP contribution in [-0.2, 0) is 19.8 Å². The van der Waals surface area contributed by atoms with E-state index in [1.54, 1.807) is 30.3 Å². The molecule has 2 aromatic rings. The van der Waals surface area contributed by atoms with Gasteiger partial charge in [-0.15, -0.1) is 0 Å². The van der Waals surface area contributed by atoms with Gasteiger partial charge in [0.25, 0.3) is 11.7 Å². The molecule has 38 heavy (non-hydrogen) atoms. The van der Waals surface area contributed by atoms with E-state index in [1.165, 1.54) is 26.0 Å². The van der Waals surface area contributed by atoms with Crippen molar-refractivity contribution in [2.45, 2.75) is 39.2 Å². The number of ketones is 1. The first-order valence-electron chi connectivity index (χ1n) is 12.3. The minimum Gasteiger partial charge on any atom is -0.507 e. The largest absolute Gasteiger partial charge is 0.507 e. The Morgan fingerprint density at radius 2 is 1.63 bits per heavy atom. The lowest BCUT2D eigenvalue weighted by molar-refractivity contribution is -0.140. The van der Waals surface area contributed by atoms with Gasteiger partial charge in [0.05, 0.1) is 31.4 Å². The van der Waals surface area contributed by atoms with Crippen molar-refractivity contribution in [3.8, 4) is 17.2 Å². The number of benzene rings is 2. The molecule has 2 aromatic carbocycles. The van der Waals surface area contributed by atoms with Gasteiger partial charge in [-0.3, -0.25) is 14.4 Å². The normalized spacial score (nSPS) is 17.2. The number of rotatable bonds is 8. The number of amides is 1. The number of aliphatic hydroxyl groups is 1. The van der Waals surface area contributed by atoms with Gasteiger partial charge < -0.3 is 29.1 Å². The maximum atomic E-state index is 13.5. The van der Waals surface area contributed by atoms with Crippen molar-refractivity contribution >= 4 is 23.4 Å². The highest BCUT2D eigenvalue weighted by atomic mass is 16.6. The molecule has 9 heteroatoms. The minimum absolute atomic E-state index is 0.0722. The lowest BCUT2D eigenvalue weighted by Crippen LogP contribution is -2.35. The van der Waals surface area contributed by atoms with Crippen LogP contribution in [0.25, 0.3) is 5.76 Å². The number of carbonyl (C=O) groups excluding carboxylic acids is 3. The number of ether oxygens (including phenoxy) is 3. The van der Waals surface area contributed by atoms with Crippen LogP contribution in [0.2, 0.25) is 0 Å². The molecule has 1 aliphatic rings. The molecule has 204 valence electrons. The number of esters is 1. The van der Waals surface area contributed by atoms with Gasteiger partial charge in [0.15, 0.2) is 11.5 Å². The molecule has 0 bridgehead atoms. The number of carbonyl (C=O) groups is 3. The minimum atomic E-state index is -0.932. The molecule has 0 spiro atoms. The van der Waals surface area contributed by atoms with E-state index in [-0.39, 0.29) is 29.0 Å². The van der Waals surface area contributed by atoms with E-state index < -0.39 is 23.7 Å². The van der Waals surface area contributed by atoms with Crippen LogP contribution in [0, 0.1) is 0 Å². The Bertz CT molecular complexity index is 1270. The fraction of sp³-hybridized carbons (Fsp3) is 0.414. The van der Waals surface area contributed by atoms with Gasteiger partial charge in [-0.2, -0.15) is 0 Å². The third kappa shape index (κ3) is 5.83. The van der Waals surface area contributed by atoms with Crippen LogP contribution in [0.1, 0.15) is 50.4 Å². The lowest BCUT2D eigenvalue weighted by Gasteiger charge is -2.27. The maximum absolute atomic E-state index is 13.5. The molecule has 1 amide bonds. The van der Waals surface area contributed by atoms with Gasteiger partial charge in [0, 0.05) is 20.0 Å². The van der Waals surface area contributed by atoms with Gasteiger partial charge >= 0.3 is 5.97 Å². The van der Waals surface area contributed by atoms with Crippen LogP contribution < -0.4 is 14.2 Å². The molecule has 1 saturated heterocycles. The number of methoxy groups -OCH3 is 2. The number of likely N-dealkylation sites (N-methyl/N-ethyl adjacent to an activating group) is 1. The summed E-state index contributed by atoms with van der Waals surface area (Å²) in [7, 11) is 6.64. The highest BCUT2D eigenvalue weighted by molar-refractivity contribution is 6.46. The monoisotopic (exact) mass is 524 g/mol. The van der Waals surface area contributed by atoms with Gasteiger partial charge in [-0.25, -0.2) is 0 Å². The summed E-state index contributed by atoms with van der Waals surface area (Å²) in [5.41, 5.74) is 1.39. The Morgan fingerprint density at radius 3 is 2.18 bits per heavy atom. The van der Waals surface area contributed by atoms with E-state index in [2.05, 4.69) is 0 Å². The first-order chi connectivity index (χ1) is 17.8. The Morgan fingerprint density at radius 1 is 1.00 bits per heavy atom. The van der Waals surface area contributed by atoms with Crippen LogP contribution >= 0.6 is 0 Å². The topological polar surface area (TPSA) is 106 Å². The van der Waals surface area contributed by atoms with Crippen LogP contribution in [-0.4, -0.2) is 74.0 Å². The maximum Gasteiger partial charge on any atom is 0.308 e. The summed E-state index contributed by atoms with van der Waals surface area (Å²) in [4.78, 5) is 41.8. The predicted molar refractivity (Wildman–Crippen MR) is 144 cm³/mol. The fourth-order valence-corrected chi connectivity index (χ4v) is 4.37. The molecule has 1 unspecified atom stereocenters. The summed E-state index contributed by atoms with van der Waals surface area (Å²) in [5.74, 6) is -1.60. The van der Waals surface area contributed by atoms with Crippen molar-refractivity contribution in [2.75, 3.05) is 41.4 Å². The van der Waals surface area contributed by atoms with Crippen LogP contribution in [0.5, 0.6) is 17.2 Å². The number of hydrogen-bond donors (Lipinski definition) is 1. The van der Waals surface area contributed by atoms with Crippen molar-refractivity contribution in [1.29, 1.82) is 0 Å². The molecule has 1 heterocycles. The summed E-state index contributed by atoms with van der Waals surface area (Å²) in [6.07, 6.45) is 0. The molecular formula is C29H36N2O7. The average Bonchev–Trinajstić information content (AvgIpc) is 3.10. The molecule has 0 radical (unpaired) electrons. The van der Waals surface area contributed by atoms with Crippen LogP contribution in [0.15, 0.2) is 42.0 Å². The Kier molecular flexibility index (Phi) is 8.51. The smallest absolute Gasteiger partial charge is 0.308 e. The molecule has 0 aliphatic carbocycles. The molecule has 1 aliphatic heterocycles. The van der Waals surface area contributed by atoms with Crippen molar-refractivity contribution in [3.63, 3.8) is 0 Å². The molecule has 3 rings (SSSR count). The first-order valence-corrected chi connectivity index (χ1v) is 12.3. The highest BCUT2D eigenvalue weighted by Crippen LogP contribution is 2.43. The van der Waals surface area contributed by atoms with E-state index in [0.717, 1.165) is 5.56 Å². The molecule has 1 N–H and O–H groups in total. The third-order valence-electron chi connectivity index (χ3n) is 6.41. The Hall–Kier alpha value is -3.85. The summed E-state index contributed by atoms with van der Waals surface area (Å²) in [6, 6.07) is 9.31. The van der Waals surface area contributed by atoms with E-state index in [0.29, 0.717) is 29.2 Å². The summed E-state index contributed by atoms with van der Waals surface area (Å²) in [6.45, 7) is 8.09. The highest BCUT2D eigenvalue weighted by Gasteiger charge is 2.46. The van der Waals surface area contributed by atoms with Crippen LogP contribution in [0.4, 0.5) is 0 Å². The van der Waals surface area contributed by atoms with E-state index in [4.69, 9.17) is 14.2 Å². The summed E-state index contributed by atoms with van der Waals surface area (Å²) in [5, 5.41) is 11.6. The van der Waals surface area contributed by atoms with Gasteiger partial charge in [-0.05, 0) is 54.9 Å². The first kappa shape index (κ1) is 28.7.